The summed E-state index contributed by atoms with van der Waals surface area (Å²) in [5.74, 6) is -0.542. The highest BCUT2D eigenvalue weighted by molar-refractivity contribution is 5.85. The highest BCUT2D eigenvalue weighted by atomic mass is 16.5. The summed E-state index contributed by atoms with van der Waals surface area (Å²) in [6.45, 7) is 1.97. The first-order valence-corrected chi connectivity index (χ1v) is 8.23. The number of rotatable bonds is 7. The summed E-state index contributed by atoms with van der Waals surface area (Å²) in [5, 5.41) is 10.6. The van der Waals surface area contributed by atoms with Crippen LogP contribution in [0.4, 0.5) is 5.69 Å². The van der Waals surface area contributed by atoms with Crippen LogP contribution in [0.5, 0.6) is 0 Å². The van der Waals surface area contributed by atoms with Gasteiger partial charge in [-0.2, -0.15) is 0 Å². The van der Waals surface area contributed by atoms with Gasteiger partial charge in [0, 0.05) is 26.0 Å². The molecule has 0 aliphatic carbocycles. The van der Waals surface area contributed by atoms with Crippen molar-refractivity contribution >= 4 is 17.9 Å². The topological polar surface area (TPSA) is 62.1 Å². The molecule has 0 amide bonds. The summed E-state index contributed by atoms with van der Waals surface area (Å²) >= 11 is 0. The van der Waals surface area contributed by atoms with Crippen LogP contribution >= 0.6 is 0 Å². The molecule has 2 aromatic carbocycles. The van der Waals surface area contributed by atoms with Gasteiger partial charge in [-0.3, -0.25) is 4.99 Å². The van der Waals surface area contributed by atoms with Crippen molar-refractivity contribution in [2.45, 2.75) is 19.1 Å². The third-order valence-electron chi connectivity index (χ3n) is 3.76. The van der Waals surface area contributed by atoms with E-state index in [4.69, 9.17) is 4.74 Å². The predicted molar refractivity (Wildman–Crippen MR) is 100 cm³/mol. The normalized spacial score (nSPS) is 13.4. The van der Waals surface area contributed by atoms with Crippen LogP contribution in [-0.4, -0.2) is 44.0 Å². The van der Waals surface area contributed by atoms with Gasteiger partial charge in [-0.1, -0.05) is 42.5 Å². The Balaban J connectivity index is 2.22. The lowest BCUT2D eigenvalue weighted by atomic mass is 10.0. The maximum Gasteiger partial charge on any atom is 0.333 e. The van der Waals surface area contributed by atoms with Crippen molar-refractivity contribution in [3.05, 3.63) is 65.7 Å². The van der Waals surface area contributed by atoms with E-state index in [1.165, 1.54) is 0 Å². The molecule has 0 radical (unpaired) electrons. The van der Waals surface area contributed by atoms with Gasteiger partial charge in [0.1, 0.15) is 6.10 Å². The molecule has 2 aromatic rings. The summed E-state index contributed by atoms with van der Waals surface area (Å²) in [6, 6.07) is 15.8. The molecule has 0 saturated heterocycles. The highest BCUT2D eigenvalue weighted by Crippen LogP contribution is 2.20. The Labute approximate surface area is 148 Å². The molecular weight excluding hydrogens is 316 g/mol. The molecule has 1 N–H and O–H groups in total. The molecule has 0 aromatic heterocycles. The maximum atomic E-state index is 12.2. The number of nitrogens with zero attached hydrogens (tertiary/aromatic N) is 2. The van der Waals surface area contributed by atoms with Crippen molar-refractivity contribution in [2.75, 3.05) is 25.6 Å². The number of carbonyl (C=O) groups is 1. The molecular formula is C20H24N2O3. The van der Waals surface area contributed by atoms with Crippen molar-refractivity contribution in [2.24, 2.45) is 4.99 Å². The zero-order chi connectivity index (χ0) is 18.2. The average Bonchev–Trinajstić information content (AvgIpc) is 2.63. The lowest BCUT2D eigenvalue weighted by molar-refractivity contribution is -0.147. The molecule has 2 unspecified atom stereocenters. The van der Waals surface area contributed by atoms with E-state index in [2.05, 4.69) is 4.99 Å². The SMILES string of the molecule is CCOC(=O)C(N=Cc1ccc(N(C)C)cc1)C(O)c1ccccc1. The van der Waals surface area contributed by atoms with E-state index >= 15 is 0 Å². The van der Waals surface area contributed by atoms with Crippen LogP contribution in [0, 0.1) is 0 Å². The second-order valence-electron chi connectivity index (χ2n) is 5.82. The number of aliphatic hydroxyl groups is 1. The molecule has 5 nitrogen and oxygen atoms in total. The van der Waals surface area contributed by atoms with Gasteiger partial charge in [0.15, 0.2) is 6.04 Å². The number of esters is 1. The van der Waals surface area contributed by atoms with E-state index in [1.807, 2.05) is 61.5 Å². The van der Waals surface area contributed by atoms with E-state index in [0.717, 1.165) is 11.3 Å². The molecule has 0 bridgehead atoms. The molecule has 0 fully saturated rings. The van der Waals surface area contributed by atoms with E-state index in [-0.39, 0.29) is 6.61 Å². The van der Waals surface area contributed by atoms with Gasteiger partial charge in [0.05, 0.1) is 6.61 Å². The molecule has 132 valence electrons. The van der Waals surface area contributed by atoms with Gasteiger partial charge >= 0.3 is 5.97 Å². The predicted octanol–water partition coefficient (Wildman–Crippen LogP) is 2.84. The fraction of sp³-hybridized carbons (Fsp3) is 0.300. The Morgan fingerprint density at radius 2 is 1.80 bits per heavy atom. The molecule has 0 heterocycles. The average molecular weight is 340 g/mol. The van der Waals surface area contributed by atoms with Gasteiger partial charge in [-0.15, -0.1) is 0 Å². The van der Waals surface area contributed by atoms with E-state index in [0.29, 0.717) is 5.56 Å². The molecule has 0 aliphatic heterocycles. The number of carbonyl (C=O) groups excluding carboxylic acids is 1. The van der Waals surface area contributed by atoms with Gasteiger partial charge in [-0.05, 0) is 30.2 Å². The van der Waals surface area contributed by atoms with Crippen LogP contribution in [0.1, 0.15) is 24.2 Å². The highest BCUT2D eigenvalue weighted by Gasteiger charge is 2.28. The number of benzene rings is 2. The minimum atomic E-state index is -1.06. The van der Waals surface area contributed by atoms with Gasteiger partial charge in [-0.25, -0.2) is 4.79 Å². The summed E-state index contributed by atoms with van der Waals surface area (Å²) < 4.78 is 5.07. The van der Waals surface area contributed by atoms with Crippen molar-refractivity contribution in [3.63, 3.8) is 0 Å². The number of aliphatic hydroxyl groups excluding tert-OH is 1. The molecule has 0 saturated carbocycles. The van der Waals surface area contributed by atoms with Crippen LogP contribution in [0.2, 0.25) is 0 Å². The molecule has 25 heavy (non-hydrogen) atoms. The van der Waals surface area contributed by atoms with Crippen molar-refractivity contribution in [3.8, 4) is 0 Å². The Hall–Kier alpha value is -2.66. The molecule has 0 spiro atoms. The summed E-state index contributed by atoms with van der Waals surface area (Å²) in [6.07, 6.45) is 0.533. The van der Waals surface area contributed by atoms with Crippen molar-refractivity contribution < 1.29 is 14.6 Å². The molecule has 5 heteroatoms. The van der Waals surface area contributed by atoms with E-state index in [9.17, 15) is 9.90 Å². The lowest BCUT2D eigenvalue weighted by Crippen LogP contribution is -2.28. The first kappa shape index (κ1) is 18.7. The summed E-state index contributed by atoms with van der Waals surface area (Å²) in [5.41, 5.74) is 2.55. The number of anilines is 1. The number of ether oxygens (including phenoxy) is 1. The van der Waals surface area contributed by atoms with Crippen LogP contribution < -0.4 is 4.90 Å². The Bertz CT molecular complexity index is 697. The first-order chi connectivity index (χ1) is 12.0. The Kier molecular flexibility index (Phi) is 6.71. The Morgan fingerprint density at radius 3 is 2.36 bits per heavy atom. The van der Waals surface area contributed by atoms with Gasteiger partial charge < -0.3 is 14.7 Å². The number of hydrogen-bond acceptors (Lipinski definition) is 5. The van der Waals surface area contributed by atoms with Crippen LogP contribution in [0.25, 0.3) is 0 Å². The lowest BCUT2D eigenvalue weighted by Gasteiger charge is -2.18. The van der Waals surface area contributed by atoms with E-state index < -0.39 is 18.1 Å². The fourth-order valence-corrected chi connectivity index (χ4v) is 2.36. The quantitative estimate of drug-likeness (QED) is 0.622. The van der Waals surface area contributed by atoms with Crippen molar-refractivity contribution in [1.82, 2.24) is 0 Å². The van der Waals surface area contributed by atoms with E-state index in [1.54, 1.807) is 25.3 Å². The van der Waals surface area contributed by atoms with Crippen LogP contribution in [0.3, 0.4) is 0 Å². The minimum Gasteiger partial charge on any atom is -0.464 e. The molecule has 0 aliphatic rings. The van der Waals surface area contributed by atoms with Gasteiger partial charge in [0.25, 0.3) is 0 Å². The zero-order valence-electron chi connectivity index (χ0n) is 14.8. The Morgan fingerprint density at radius 1 is 1.16 bits per heavy atom. The minimum absolute atomic E-state index is 0.240. The summed E-state index contributed by atoms with van der Waals surface area (Å²) in [4.78, 5) is 18.5. The standard InChI is InChI=1S/C20H24N2O3/c1-4-25-20(24)18(19(23)16-8-6-5-7-9-16)21-14-15-10-12-17(13-11-15)22(2)3/h5-14,18-19,23H,4H2,1-3H3. The second kappa shape index (κ2) is 8.99. The third kappa shape index (κ3) is 5.16. The largest absolute Gasteiger partial charge is 0.464 e. The first-order valence-electron chi connectivity index (χ1n) is 8.23. The number of aliphatic imine (C=N–C) groups is 1. The zero-order valence-corrected chi connectivity index (χ0v) is 14.8. The molecule has 2 atom stereocenters. The summed E-state index contributed by atoms with van der Waals surface area (Å²) in [7, 11) is 3.94. The van der Waals surface area contributed by atoms with Crippen molar-refractivity contribution in [1.29, 1.82) is 0 Å². The monoisotopic (exact) mass is 340 g/mol. The van der Waals surface area contributed by atoms with Crippen LogP contribution in [0.15, 0.2) is 59.6 Å². The second-order valence-corrected chi connectivity index (χ2v) is 5.82. The van der Waals surface area contributed by atoms with Crippen LogP contribution in [-0.2, 0) is 9.53 Å². The molecule has 2 rings (SSSR count). The smallest absolute Gasteiger partial charge is 0.333 e. The number of hydrogen-bond donors (Lipinski definition) is 1. The van der Waals surface area contributed by atoms with Gasteiger partial charge in [0.2, 0.25) is 0 Å². The third-order valence-corrected chi connectivity index (χ3v) is 3.76. The fourth-order valence-electron chi connectivity index (χ4n) is 2.36. The maximum absolute atomic E-state index is 12.2.